The second kappa shape index (κ2) is 8.84. The highest BCUT2D eigenvalue weighted by Gasteiger charge is 2.29. The Balaban J connectivity index is 1.67. The summed E-state index contributed by atoms with van der Waals surface area (Å²) < 4.78 is 18.5. The molecule has 4 rings (SSSR count). The first-order valence-electron chi connectivity index (χ1n) is 10.6. The Kier molecular flexibility index (Phi) is 5.98. The molecule has 1 aliphatic rings. The highest BCUT2D eigenvalue weighted by Crippen LogP contribution is 2.28. The number of benzene rings is 2. The Labute approximate surface area is 180 Å². The molecule has 1 aromatic heterocycles. The predicted octanol–water partition coefficient (Wildman–Crippen LogP) is 4.76. The molecule has 0 atom stereocenters. The monoisotopic (exact) mass is 420 g/mol. The first-order chi connectivity index (χ1) is 15.0. The van der Waals surface area contributed by atoms with Crippen LogP contribution in [0, 0.1) is 18.7 Å². The average molecular weight is 420 g/mol. The van der Waals surface area contributed by atoms with Crippen LogP contribution >= 0.6 is 0 Å². The summed E-state index contributed by atoms with van der Waals surface area (Å²) in [7, 11) is 0. The van der Waals surface area contributed by atoms with Crippen LogP contribution in [0.4, 0.5) is 4.39 Å². The van der Waals surface area contributed by atoms with Gasteiger partial charge in [-0.2, -0.15) is 0 Å². The van der Waals surface area contributed by atoms with Gasteiger partial charge in [-0.15, -0.1) is 0 Å². The third kappa shape index (κ3) is 4.43. The van der Waals surface area contributed by atoms with Crippen LogP contribution in [-0.4, -0.2) is 41.5 Å². The number of hydrogen-bond acceptors (Lipinski definition) is 4. The molecule has 3 aromatic rings. The van der Waals surface area contributed by atoms with E-state index in [0.717, 1.165) is 22.0 Å². The molecule has 0 aliphatic carbocycles. The SMILES string of the molecule is CCOC(=O)C1CCN(C(=O)c2cc(-c3ccc(F)cc3)nc3ccc(C)cc23)CC1. The van der Waals surface area contributed by atoms with Gasteiger partial charge < -0.3 is 9.64 Å². The summed E-state index contributed by atoms with van der Waals surface area (Å²) in [4.78, 5) is 32.0. The van der Waals surface area contributed by atoms with Gasteiger partial charge in [-0.05, 0) is 69.2 Å². The highest BCUT2D eigenvalue weighted by molar-refractivity contribution is 6.07. The number of fused-ring (bicyclic) bond motifs is 1. The van der Waals surface area contributed by atoms with E-state index in [1.807, 2.05) is 25.1 Å². The van der Waals surface area contributed by atoms with E-state index in [-0.39, 0.29) is 23.6 Å². The van der Waals surface area contributed by atoms with Gasteiger partial charge in [-0.1, -0.05) is 11.6 Å². The third-order valence-corrected chi connectivity index (χ3v) is 5.74. The number of likely N-dealkylation sites (tertiary alicyclic amines) is 1. The van der Waals surface area contributed by atoms with E-state index >= 15 is 0 Å². The largest absolute Gasteiger partial charge is 0.466 e. The second-order valence-corrected chi connectivity index (χ2v) is 7.90. The lowest BCUT2D eigenvalue weighted by Gasteiger charge is -2.31. The van der Waals surface area contributed by atoms with Crippen molar-refractivity contribution >= 4 is 22.8 Å². The zero-order chi connectivity index (χ0) is 22.0. The van der Waals surface area contributed by atoms with Crippen molar-refractivity contribution < 1.29 is 18.7 Å². The summed E-state index contributed by atoms with van der Waals surface area (Å²) in [5.41, 5.74) is 3.71. The van der Waals surface area contributed by atoms with Crippen molar-refractivity contribution in [3.63, 3.8) is 0 Å². The van der Waals surface area contributed by atoms with E-state index in [4.69, 9.17) is 9.72 Å². The number of aryl methyl sites for hydroxylation is 1. The van der Waals surface area contributed by atoms with E-state index in [1.165, 1.54) is 12.1 Å². The molecule has 2 heterocycles. The van der Waals surface area contributed by atoms with Crippen LogP contribution in [0.25, 0.3) is 22.2 Å². The van der Waals surface area contributed by atoms with Crippen LogP contribution in [0.5, 0.6) is 0 Å². The van der Waals surface area contributed by atoms with Crippen molar-refractivity contribution in [2.45, 2.75) is 26.7 Å². The van der Waals surface area contributed by atoms with Gasteiger partial charge in [-0.3, -0.25) is 9.59 Å². The number of ether oxygens (including phenoxy) is 1. The van der Waals surface area contributed by atoms with Crippen molar-refractivity contribution in [1.29, 1.82) is 0 Å². The molecule has 1 amide bonds. The van der Waals surface area contributed by atoms with Gasteiger partial charge in [0.2, 0.25) is 0 Å². The molecule has 1 aliphatic heterocycles. The smallest absolute Gasteiger partial charge is 0.309 e. The number of pyridine rings is 1. The molecule has 160 valence electrons. The molecule has 5 nitrogen and oxygen atoms in total. The molecule has 0 bridgehead atoms. The van der Waals surface area contributed by atoms with E-state index < -0.39 is 0 Å². The number of esters is 1. The lowest BCUT2D eigenvalue weighted by Crippen LogP contribution is -2.40. The Bertz CT molecular complexity index is 1120. The standard InChI is InChI=1S/C25H25FN2O3/c1-3-31-25(30)18-10-12-28(13-11-18)24(29)21-15-23(17-5-7-19(26)8-6-17)27-22-9-4-16(2)14-20(21)22/h4-9,14-15,18H,3,10-13H2,1-2H3. The number of aromatic nitrogens is 1. The molecule has 1 saturated heterocycles. The second-order valence-electron chi connectivity index (χ2n) is 7.90. The zero-order valence-electron chi connectivity index (χ0n) is 17.7. The maximum Gasteiger partial charge on any atom is 0.309 e. The number of nitrogens with zero attached hydrogens (tertiary/aromatic N) is 2. The Hall–Kier alpha value is -3.28. The fraction of sp³-hybridized carbons (Fsp3) is 0.320. The van der Waals surface area contributed by atoms with Crippen LogP contribution in [0.1, 0.15) is 35.7 Å². The minimum absolute atomic E-state index is 0.0799. The van der Waals surface area contributed by atoms with Crippen LogP contribution in [0.3, 0.4) is 0 Å². The molecule has 0 spiro atoms. The minimum atomic E-state index is -0.319. The van der Waals surface area contributed by atoms with Crippen molar-refractivity contribution in [1.82, 2.24) is 9.88 Å². The van der Waals surface area contributed by atoms with Gasteiger partial charge in [0.1, 0.15) is 5.82 Å². The summed E-state index contributed by atoms with van der Waals surface area (Å²) in [6.45, 7) is 5.15. The van der Waals surface area contributed by atoms with E-state index in [2.05, 4.69) is 0 Å². The van der Waals surface area contributed by atoms with Gasteiger partial charge in [0.05, 0.1) is 29.3 Å². The average Bonchev–Trinajstić information content (AvgIpc) is 2.79. The normalized spacial score (nSPS) is 14.6. The molecule has 0 N–H and O–H groups in total. The Morgan fingerprint density at radius 1 is 1.10 bits per heavy atom. The highest BCUT2D eigenvalue weighted by atomic mass is 19.1. The van der Waals surface area contributed by atoms with Crippen LogP contribution in [-0.2, 0) is 9.53 Å². The molecular weight excluding hydrogens is 395 g/mol. The quantitative estimate of drug-likeness (QED) is 0.571. The van der Waals surface area contributed by atoms with Gasteiger partial charge in [-0.25, -0.2) is 9.37 Å². The van der Waals surface area contributed by atoms with Gasteiger partial charge in [0.15, 0.2) is 0 Å². The van der Waals surface area contributed by atoms with Crippen molar-refractivity contribution in [3.05, 3.63) is 65.5 Å². The zero-order valence-corrected chi connectivity index (χ0v) is 17.7. The number of halogens is 1. The van der Waals surface area contributed by atoms with Gasteiger partial charge >= 0.3 is 5.97 Å². The van der Waals surface area contributed by atoms with Crippen molar-refractivity contribution in [2.24, 2.45) is 5.92 Å². The van der Waals surface area contributed by atoms with E-state index in [1.54, 1.807) is 30.0 Å². The number of rotatable bonds is 4. The molecule has 31 heavy (non-hydrogen) atoms. The van der Waals surface area contributed by atoms with E-state index in [9.17, 15) is 14.0 Å². The number of piperidine rings is 1. The number of carbonyl (C=O) groups excluding carboxylic acids is 2. The molecule has 0 radical (unpaired) electrons. The van der Waals surface area contributed by atoms with Crippen molar-refractivity contribution in [2.75, 3.05) is 19.7 Å². The molecule has 1 fully saturated rings. The molecular formula is C25H25FN2O3. The van der Waals surface area contributed by atoms with E-state index in [0.29, 0.717) is 43.8 Å². The number of hydrogen-bond donors (Lipinski definition) is 0. The fourth-order valence-electron chi connectivity index (χ4n) is 4.03. The summed E-state index contributed by atoms with van der Waals surface area (Å²) in [6.07, 6.45) is 1.19. The fourth-order valence-corrected chi connectivity index (χ4v) is 4.03. The van der Waals surface area contributed by atoms with Gasteiger partial charge in [0, 0.05) is 24.0 Å². The summed E-state index contributed by atoms with van der Waals surface area (Å²) in [5, 5.41) is 0.795. The maximum atomic E-state index is 13.5. The Morgan fingerprint density at radius 3 is 2.48 bits per heavy atom. The summed E-state index contributed by atoms with van der Waals surface area (Å²) >= 11 is 0. The lowest BCUT2D eigenvalue weighted by molar-refractivity contribution is -0.149. The Morgan fingerprint density at radius 2 is 1.81 bits per heavy atom. The summed E-state index contributed by atoms with van der Waals surface area (Å²) in [6, 6.07) is 13.7. The lowest BCUT2D eigenvalue weighted by atomic mass is 9.95. The van der Waals surface area contributed by atoms with Crippen molar-refractivity contribution in [3.8, 4) is 11.3 Å². The third-order valence-electron chi connectivity index (χ3n) is 5.74. The first kappa shape index (κ1) is 21.0. The summed E-state index contributed by atoms with van der Waals surface area (Å²) in [5.74, 6) is -0.738. The predicted molar refractivity (Wildman–Crippen MR) is 117 cm³/mol. The molecule has 6 heteroatoms. The maximum absolute atomic E-state index is 13.5. The van der Waals surface area contributed by atoms with Gasteiger partial charge in [0.25, 0.3) is 5.91 Å². The topological polar surface area (TPSA) is 59.5 Å². The minimum Gasteiger partial charge on any atom is -0.466 e. The number of amides is 1. The van der Waals surface area contributed by atoms with Crippen LogP contribution in [0.2, 0.25) is 0 Å². The van der Waals surface area contributed by atoms with Crippen LogP contribution < -0.4 is 0 Å². The molecule has 2 aromatic carbocycles. The number of carbonyl (C=O) groups is 2. The molecule has 0 unspecified atom stereocenters. The van der Waals surface area contributed by atoms with Crippen LogP contribution in [0.15, 0.2) is 48.5 Å². The first-order valence-corrected chi connectivity index (χ1v) is 10.6. The molecule has 0 saturated carbocycles.